The lowest BCUT2D eigenvalue weighted by atomic mass is 9.93. The van der Waals surface area contributed by atoms with Crippen molar-refractivity contribution in [3.05, 3.63) is 89.5 Å². The number of aromatic hydroxyl groups is 2. The molecule has 0 bridgehead atoms. The monoisotopic (exact) mass is 507 g/mol. The number of para-hydroxylation sites is 2. The largest absolute Gasteiger partial charge is 0.507 e. The molecule has 7 nitrogen and oxygen atoms in total. The van der Waals surface area contributed by atoms with E-state index in [2.05, 4.69) is 10.3 Å². The van der Waals surface area contributed by atoms with E-state index in [1.807, 2.05) is 31.2 Å². The maximum atomic E-state index is 13.1. The molecule has 0 spiro atoms. The molecule has 5 rings (SSSR count). The van der Waals surface area contributed by atoms with E-state index in [0.29, 0.717) is 52.8 Å². The number of hydrogen-bond acceptors (Lipinski definition) is 6. The van der Waals surface area contributed by atoms with Crippen LogP contribution in [0.3, 0.4) is 0 Å². The number of carbonyl (C=O) groups is 2. The third kappa shape index (κ3) is 4.59. The highest BCUT2D eigenvalue weighted by Crippen LogP contribution is 2.37. The highest BCUT2D eigenvalue weighted by atomic mass is 16.3. The second-order valence-electron chi connectivity index (χ2n) is 9.23. The zero-order valence-electron chi connectivity index (χ0n) is 21.1. The van der Waals surface area contributed by atoms with Gasteiger partial charge in [0.1, 0.15) is 11.5 Å². The van der Waals surface area contributed by atoms with Gasteiger partial charge in [0.2, 0.25) is 0 Å². The van der Waals surface area contributed by atoms with Crippen molar-refractivity contribution >= 4 is 34.5 Å². The lowest BCUT2D eigenvalue weighted by Gasteiger charge is -2.27. The number of hydrogen-bond donors (Lipinski definition) is 3. The first-order chi connectivity index (χ1) is 18.5. The van der Waals surface area contributed by atoms with Crippen LogP contribution in [0.4, 0.5) is 5.69 Å². The normalized spacial score (nSPS) is 13.0. The Kier molecular flexibility index (Phi) is 7.09. The molecule has 0 saturated carbocycles. The molecule has 0 atom stereocenters. The highest BCUT2D eigenvalue weighted by Gasteiger charge is 2.32. The number of anilines is 1. The van der Waals surface area contributed by atoms with Crippen LogP contribution in [0.15, 0.2) is 77.8 Å². The van der Waals surface area contributed by atoms with Crippen molar-refractivity contribution in [2.75, 3.05) is 25.0 Å². The molecule has 38 heavy (non-hydrogen) atoms. The zero-order valence-corrected chi connectivity index (χ0v) is 21.1. The van der Waals surface area contributed by atoms with Crippen LogP contribution in [-0.4, -0.2) is 52.8 Å². The van der Waals surface area contributed by atoms with Crippen LogP contribution in [0.25, 0.3) is 21.9 Å². The predicted octanol–water partition coefficient (Wildman–Crippen LogP) is 5.85. The predicted molar refractivity (Wildman–Crippen MR) is 150 cm³/mol. The van der Waals surface area contributed by atoms with Gasteiger partial charge in [-0.15, -0.1) is 0 Å². The summed E-state index contributed by atoms with van der Waals surface area (Å²) in [5.41, 5.74) is 3.57. The SMILES string of the molecule is CCCCN1C(=O)c2cccc3c(NCCN=Cc4cccc(-c5ccccc5O)c4O)ccc(c23)C1=O. The maximum absolute atomic E-state index is 13.1. The Balaban J connectivity index is 1.31. The summed E-state index contributed by atoms with van der Waals surface area (Å²) in [5.74, 6) is -0.334. The molecule has 0 saturated heterocycles. The summed E-state index contributed by atoms with van der Waals surface area (Å²) in [6, 6.07) is 21.4. The number of carbonyl (C=O) groups excluding carboxylic acids is 2. The van der Waals surface area contributed by atoms with E-state index < -0.39 is 0 Å². The Hall–Kier alpha value is -4.65. The fourth-order valence-corrected chi connectivity index (χ4v) is 4.82. The van der Waals surface area contributed by atoms with E-state index in [1.165, 1.54) is 4.90 Å². The van der Waals surface area contributed by atoms with Crippen LogP contribution in [-0.2, 0) is 0 Å². The molecule has 1 aliphatic heterocycles. The number of amides is 2. The lowest BCUT2D eigenvalue weighted by molar-refractivity contribution is 0.0608. The zero-order chi connectivity index (χ0) is 26.6. The van der Waals surface area contributed by atoms with Crippen LogP contribution in [0.1, 0.15) is 46.0 Å². The fourth-order valence-electron chi connectivity index (χ4n) is 4.82. The first-order valence-corrected chi connectivity index (χ1v) is 12.8. The molecule has 192 valence electrons. The van der Waals surface area contributed by atoms with Gasteiger partial charge in [-0.2, -0.15) is 0 Å². The van der Waals surface area contributed by atoms with Gasteiger partial charge in [-0.25, -0.2) is 0 Å². The Bertz CT molecular complexity index is 1540. The number of phenolic OH excluding ortho intramolecular Hbond substituents is 2. The van der Waals surface area contributed by atoms with E-state index in [9.17, 15) is 19.8 Å². The van der Waals surface area contributed by atoms with Crippen LogP contribution in [0, 0.1) is 0 Å². The van der Waals surface area contributed by atoms with E-state index in [0.717, 1.165) is 23.9 Å². The minimum atomic E-state index is -0.242. The molecule has 0 fully saturated rings. The molecule has 0 unspecified atom stereocenters. The minimum Gasteiger partial charge on any atom is -0.507 e. The average molecular weight is 508 g/mol. The van der Waals surface area contributed by atoms with Gasteiger partial charge in [-0.05, 0) is 36.8 Å². The van der Waals surface area contributed by atoms with Crippen molar-refractivity contribution in [1.29, 1.82) is 0 Å². The number of imide groups is 1. The molecule has 2 amide bonds. The summed E-state index contributed by atoms with van der Waals surface area (Å²) in [6.07, 6.45) is 3.29. The number of nitrogens with one attached hydrogen (secondary N) is 1. The third-order valence-corrected chi connectivity index (χ3v) is 6.78. The number of nitrogens with zero attached hydrogens (tertiary/aromatic N) is 2. The quantitative estimate of drug-likeness (QED) is 0.150. The molecule has 1 heterocycles. The molecular formula is C31H29N3O4. The summed E-state index contributed by atoms with van der Waals surface area (Å²) < 4.78 is 0. The maximum Gasteiger partial charge on any atom is 0.261 e. The average Bonchev–Trinajstić information content (AvgIpc) is 2.93. The van der Waals surface area contributed by atoms with Gasteiger partial charge in [0, 0.05) is 63.6 Å². The van der Waals surface area contributed by atoms with Crippen molar-refractivity contribution in [3.63, 3.8) is 0 Å². The second kappa shape index (κ2) is 10.8. The van der Waals surface area contributed by atoms with Gasteiger partial charge in [-0.3, -0.25) is 19.5 Å². The van der Waals surface area contributed by atoms with Gasteiger partial charge in [0.05, 0.1) is 6.54 Å². The van der Waals surface area contributed by atoms with Crippen LogP contribution < -0.4 is 5.32 Å². The molecule has 4 aromatic rings. The van der Waals surface area contributed by atoms with Crippen molar-refractivity contribution in [2.45, 2.75) is 19.8 Å². The molecule has 7 heteroatoms. The van der Waals surface area contributed by atoms with Gasteiger partial charge in [0.25, 0.3) is 11.8 Å². The number of benzene rings is 4. The highest BCUT2D eigenvalue weighted by molar-refractivity contribution is 6.26. The first-order valence-electron chi connectivity index (χ1n) is 12.8. The van der Waals surface area contributed by atoms with Crippen molar-refractivity contribution < 1.29 is 19.8 Å². The second-order valence-corrected chi connectivity index (χ2v) is 9.23. The van der Waals surface area contributed by atoms with Crippen molar-refractivity contribution in [1.82, 2.24) is 4.90 Å². The third-order valence-electron chi connectivity index (χ3n) is 6.78. The van der Waals surface area contributed by atoms with Crippen LogP contribution in [0.2, 0.25) is 0 Å². The number of phenols is 2. The Labute approximate surface area is 221 Å². The van der Waals surface area contributed by atoms with E-state index in [4.69, 9.17) is 0 Å². The summed E-state index contributed by atoms with van der Waals surface area (Å²) in [6.45, 7) is 3.41. The first kappa shape index (κ1) is 25.0. The summed E-state index contributed by atoms with van der Waals surface area (Å²) in [7, 11) is 0. The Morgan fingerprint density at radius 1 is 0.842 bits per heavy atom. The smallest absolute Gasteiger partial charge is 0.261 e. The Morgan fingerprint density at radius 3 is 2.34 bits per heavy atom. The molecule has 4 aromatic carbocycles. The summed E-state index contributed by atoms with van der Waals surface area (Å²) in [4.78, 5) is 31.9. The molecular weight excluding hydrogens is 478 g/mol. The van der Waals surface area contributed by atoms with Gasteiger partial charge in [0.15, 0.2) is 0 Å². The molecule has 1 aliphatic rings. The summed E-state index contributed by atoms with van der Waals surface area (Å²) >= 11 is 0. The van der Waals surface area contributed by atoms with Gasteiger partial charge in [-0.1, -0.05) is 55.8 Å². The van der Waals surface area contributed by atoms with E-state index >= 15 is 0 Å². The molecule has 3 N–H and O–H groups in total. The lowest BCUT2D eigenvalue weighted by Crippen LogP contribution is -2.40. The number of unbranched alkanes of at least 4 members (excludes halogenated alkanes) is 1. The molecule has 0 radical (unpaired) electrons. The minimum absolute atomic E-state index is 0.0524. The number of aliphatic imine (C=N–C) groups is 1. The van der Waals surface area contributed by atoms with E-state index in [1.54, 1.807) is 54.7 Å². The van der Waals surface area contributed by atoms with Crippen molar-refractivity contribution in [2.24, 2.45) is 4.99 Å². The standard InChI is InChI=1S/C31H29N3O4/c1-2-3-18-34-30(37)24-12-7-11-23-26(15-14-25(28(23)24)31(34)38)33-17-16-32-19-20-8-6-10-22(29(20)36)21-9-4-5-13-27(21)35/h4-15,19,33,35-36H,2-3,16-18H2,1H3. The van der Waals surface area contributed by atoms with Gasteiger partial charge >= 0.3 is 0 Å². The van der Waals surface area contributed by atoms with Crippen LogP contribution in [0.5, 0.6) is 11.5 Å². The summed E-state index contributed by atoms with van der Waals surface area (Å²) in [5, 5.41) is 25.8. The number of rotatable bonds is 9. The molecule has 0 aliphatic carbocycles. The van der Waals surface area contributed by atoms with Gasteiger partial charge < -0.3 is 15.5 Å². The van der Waals surface area contributed by atoms with E-state index in [-0.39, 0.29) is 23.3 Å². The Morgan fingerprint density at radius 2 is 1.55 bits per heavy atom. The fraction of sp³-hybridized carbons (Fsp3) is 0.194. The van der Waals surface area contributed by atoms with Crippen molar-refractivity contribution in [3.8, 4) is 22.6 Å². The van der Waals surface area contributed by atoms with Crippen LogP contribution >= 0.6 is 0 Å². The topological polar surface area (TPSA) is 102 Å². The molecule has 0 aromatic heterocycles.